The maximum Gasteiger partial charge on any atom is 0.312 e. The Bertz CT molecular complexity index is 936. The average Bonchev–Trinajstić information content (AvgIpc) is 2.71. The van der Waals surface area contributed by atoms with Crippen LogP contribution in [-0.2, 0) is 20.9 Å². The number of ether oxygens (including phenoxy) is 1. The van der Waals surface area contributed by atoms with Crippen LogP contribution in [0, 0.1) is 17.3 Å². The Morgan fingerprint density at radius 1 is 0.933 bits per heavy atom. The minimum Gasteiger partial charge on any atom is -0.460 e. The molecule has 4 fully saturated rings. The van der Waals surface area contributed by atoms with Crippen molar-refractivity contribution in [3.05, 3.63) is 60.2 Å². The Balaban J connectivity index is 1.27. The lowest BCUT2D eigenvalue weighted by molar-refractivity contribution is -0.177. The molecule has 0 saturated heterocycles. The summed E-state index contributed by atoms with van der Waals surface area (Å²) in [6.45, 7) is 1.89. The van der Waals surface area contributed by atoms with Gasteiger partial charge in [0, 0.05) is 12.5 Å². The van der Waals surface area contributed by atoms with Gasteiger partial charge in [-0.1, -0.05) is 54.6 Å². The van der Waals surface area contributed by atoms with Crippen LogP contribution >= 0.6 is 0 Å². The number of carbonyl (C=O) groups is 2. The van der Waals surface area contributed by atoms with Crippen LogP contribution < -0.4 is 5.32 Å². The Kier molecular flexibility index (Phi) is 4.68. The van der Waals surface area contributed by atoms with E-state index in [1.54, 1.807) is 6.92 Å². The van der Waals surface area contributed by atoms with Crippen molar-refractivity contribution in [1.82, 2.24) is 5.32 Å². The predicted octanol–water partition coefficient (Wildman–Crippen LogP) is 4.87. The van der Waals surface area contributed by atoms with Crippen LogP contribution in [0.2, 0.25) is 0 Å². The van der Waals surface area contributed by atoms with Crippen molar-refractivity contribution in [1.29, 1.82) is 0 Å². The number of hydrogen-bond donors (Lipinski definition) is 1. The summed E-state index contributed by atoms with van der Waals surface area (Å²) in [5, 5.41) is 3.22. The van der Waals surface area contributed by atoms with Crippen LogP contribution in [0.5, 0.6) is 0 Å². The summed E-state index contributed by atoms with van der Waals surface area (Å²) in [4.78, 5) is 25.1. The Morgan fingerprint density at radius 2 is 1.57 bits per heavy atom. The standard InChI is InChI=1S/C26H29NO3/c1-18(28)27-26-14-20-11-21(15-26)13-25(12-20,17-26)24(29)30-16-19-7-9-23(10-8-19)22-5-3-2-4-6-22/h2-10,20-21H,11-17H2,1H3,(H,27,28). The van der Waals surface area contributed by atoms with E-state index in [1.165, 1.54) is 12.0 Å². The molecule has 156 valence electrons. The van der Waals surface area contributed by atoms with Gasteiger partial charge in [-0.25, -0.2) is 0 Å². The molecule has 0 aliphatic heterocycles. The third kappa shape index (κ3) is 3.53. The van der Waals surface area contributed by atoms with Crippen molar-refractivity contribution >= 4 is 11.9 Å². The van der Waals surface area contributed by atoms with Gasteiger partial charge >= 0.3 is 5.97 Å². The minimum absolute atomic E-state index is 0.0129. The zero-order valence-corrected chi connectivity index (χ0v) is 17.5. The first-order chi connectivity index (χ1) is 14.5. The lowest BCUT2D eigenvalue weighted by Crippen LogP contribution is -2.64. The van der Waals surface area contributed by atoms with Gasteiger partial charge in [0.15, 0.2) is 0 Å². The molecule has 0 spiro atoms. The maximum atomic E-state index is 13.3. The molecule has 30 heavy (non-hydrogen) atoms. The normalized spacial score (nSPS) is 31.4. The summed E-state index contributed by atoms with van der Waals surface area (Å²) in [5.41, 5.74) is 2.72. The fourth-order valence-electron chi connectivity index (χ4n) is 6.75. The van der Waals surface area contributed by atoms with E-state index in [4.69, 9.17) is 4.74 Å². The minimum atomic E-state index is -0.420. The molecule has 4 aliphatic carbocycles. The van der Waals surface area contributed by atoms with Gasteiger partial charge in [0.05, 0.1) is 5.41 Å². The summed E-state index contributed by atoms with van der Waals surface area (Å²) in [5.74, 6) is 0.990. The first-order valence-corrected chi connectivity index (χ1v) is 11.1. The molecule has 4 nitrogen and oxygen atoms in total. The van der Waals surface area contributed by atoms with E-state index in [1.807, 2.05) is 30.3 Å². The van der Waals surface area contributed by atoms with Gasteiger partial charge in [-0.15, -0.1) is 0 Å². The summed E-state index contributed by atoms with van der Waals surface area (Å²) < 4.78 is 5.86. The summed E-state index contributed by atoms with van der Waals surface area (Å²) in [6, 6.07) is 18.5. The van der Waals surface area contributed by atoms with E-state index in [2.05, 4.69) is 29.6 Å². The second-order valence-electron chi connectivity index (χ2n) is 9.84. The highest BCUT2D eigenvalue weighted by Crippen LogP contribution is 2.62. The topological polar surface area (TPSA) is 55.4 Å². The SMILES string of the molecule is CC(=O)NC12CC3CC(C1)CC(C(=O)OCc1ccc(-c4ccccc4)cc1)(C3)C2. The highest BCUT2D eigenvalue weighted by atomic mass is 16.5. The number of hydrogen-bond acceptors (Lipinski definition) is 3. The van der Waals surface area contributed by atoms with E-state index in [0.29, 0.717) is 18.4 Å². The summed E-state index contributed by atoms with van der Waals surface area (Å²) >= 11 is 0. The number of esters is 1. The monoisotopic (exact) mass is 403 g/mol. The summed E-state index contributed by atoms with van der Waals surface area (Å²) in [6.07, 6.45) is 5.78. The molecule has 1 N–H and O–H groups in total. The van der Waals surface area contributed by atoms with Gasteiger partial charge in [0.25, 0.3) is 0 Å². The fraction of sp³-hybridized carbons (Fsp3) is 0.462. The highest BCUT2D eigenvalue weighted by molar-refractivity contribution is 5.79. The molecule has 4 heteroatoms. The number of nitrogens with one attached hydrogen (secondary N) is 1. The Hall–Kier alpha value is -2.62. The van der Waals surface area contributed by atoms with Gasteiger partial charge in [0.1, 0.15) is 6.61 Å². The molecule has 0 aromatic heterocycles. The quantitative estimate of drug-likeness (QED) is 0.725. The lowest BCUT2D eigenvalue weighted by Gasteiger charge is -2.60. The maximum absolute atomic E-state index is 13.3. The first kappa shape index (κ1) is 19.3. The van der Waals surface area contributed by atoms with Crippen LogP contribution in [0.1, 0.15) is 51.0 Å². The average molecular weight is 404 g/mol. The number of rotatable bonds is 5. The van der Waals surface area contributed by atoms with Gasteiger partial charge in [-0.3, -0.25) is 9.59 Å². The Labute approximate surface area is 178 Å². The zero-order valence-electron chi connectivity index (χ0n) is 17.5. The molecule has 2 aromatic rings. The zero-order chi connectivity index (χ0) is 20.8. The Morgan fingerprint density at radius 3 is 2.20 bits per heavy atom. The molecular weight excluding hydrogens is 374 g/mol. The molecule has 2 aromatic carbocycles. The lowest BCUT2D eigenvalue weighted by atomic mass is 9.47. The van der Waals surface area contributed by atoms with Crippen molar-refractivity contribution in [2.75, 3.05) is 0 Å². The van der Waals surface area contributed by atoms with Crippen molar-refractivity contribution in [2.45, 2.75) is 57.6 Å². The smallest absolute Gasteiger partial charge is 0.312 e. The van der Waals surface area contributed by atoms with Gasteiger partial charge in [-0.2, -0.15) is 0 Å². The van der Waals surface area contributed by atoms with E-state index >= 15 is 0 Å². The summed E-state index contributed by atoms with van der Waals surface area (Å²) in [7, 11) is 0. The van der Waals surface area contributed by atoms with Crippen LogP contribution in [-0.4, -0.2) is 17.4 Å². The van der Waals surface area contributed by atoms with E-state index in [0.717, 1.165) is 43.2 Å². The molecule has 4 bridgehead atoms. The number of benzene rings is 2. The number of carbonyl (C=O) groups excluding carboxylic acids is 2. The van der Waals surface area contributed by atoms with E-state index < -0.39 is 5.41 Å². The molecule has 0 radical (unpaired) electrons. The molecule has 2 atom stereocenters. The van der Waals surface area contributed by atoms with E-state index in [9.17, 15) is 9.59 Å². The highest BCUT2D eigenvalue weighted by Gasteiger charge is 2.61. The molecule has 4 aliphatic rings. The largest absolute Gasteiger partial charge is 0.460 e. The molecular formula is C26H29NO3. The van der Waals surface area contributed by atoms with Crippen molar-refractivity contribution in [3.63, 3.8) is 0 Å². The molecule has 1 amide bonds. The molecule has 0 heterocycles. The molecule has 4 saturated carbocycles. The first-order valence-electron chi connectivity index (χ1n) is 11.1. The third-order valence-corrected chi connectivity index (χ3v) is 7.37. The van der Waals surface area contributed by atoms with Crippen LogP contribution in [0.3, 0.4) is 0 Å². The third-order valence-electron chi connectivity index (χ3n) is 7.37. The van der Waals surface area contributed by atoms with Gasteiger partial charge in [-0.05, 0) is 67.1 Å². The molecule has 6 rings (SSSR count). The van der Waals surface area contributed by atoms with Crippen LogP contribution in [0.15, 0.2) is 54.6 Å². The van der Waals surface area contributed by atoms with E-state index in [-0.39, 0.29) is 17.4 Å². The van der Waals surface area contributed by atoms with Gasteiger partial charge in [0.2, 0.25) is 5.91 Å². The van der Waals surface area contributed by atoms with Gasteiger partial charge < -0.3 is 10.1 Å². The number of amides is 1. The van der Waals surface area contributed by atoms with Crippen molar-refractivity contribution in [2.24, 2.45) is 17.3 Å². The van der Waals surface area contributed by atoms with Crippen molar-refractivity contribution in [3.8, 4) is 11.1 Å². The van der Waals surface area contributed by atoms with Crippen molar-refractivity contribution < 1.29 is 14.3 Å². The predicted molar refractivity (Wildman–Crippen MR) is 115 cm³/mol. The second kappa shape index (κ2) is 7.26. The molecule has 2 unspecified atom stereocenters. The van der Waals surface area contributed by atoms with Crippen LogP contribution in [0.25, 0.3) is 11.1 Å². The fourth-order valence-corrected chi connectivity index (χ4v) is 6.75. The second-order valence-corrected chi connectivity index (χ2v) is 9.84. The van der Waals surface area contributed by atoms with Crippen LogP contribution in [0.4, 0.5) is 0 Å².